The van der Waals surface area contributed by atoms with E-state index in [1.807, 2.05) is 18.8 Å². The molecule has 0 aliphatic heterocycles. The van der Waals surface area contributed by atoms with E-state index < -0.39 is 0 Å². The zero-order valence-corrected chi connectivity index (χ0v) is 15.2. The van der Waals surface area contributed by atoms with Gasteiger partial charge in [0, 0.05) is 21.2 Å². The van der Waals surface area contributed by atoms with Crippen LogP contribution in [0.15, 0.2) is 51.8 Å². The van der Waals surface area contributed by atoms with Crippen LogP contribution in [-0.4, -0.2) is 18.8 Å². The van der Waals surface area contributed by atoms with Gasteiger partial charge in [0.15, 0.2) is 0 Å². The monoisotopic (exact) mass is 363 g/mol. The van der Waals surface area contributed by atoms with E-state index in [4.69, 9.17) is 0 Å². The summed E-state index contributed by atoms with van der Waals surface area (Å²) in [4.78, 5) is 1.30. The Morgan fingerprint density at radius 3 is 2.38 bits per heavy atom. The Bertz CT molecular complexity index is 577. The summed E-state index contributed by atoms with van der Waals surface area (Å²) in [5.41, 5.74) is 4.11. The van der Waals surface area contributed by atoms with Crippen molar-refractivity contribution in [3.63, 3.8) is 0 Å². The van der Waals surface area contributed by atoms with Gasteiger partial charge in [0.2, 0.25) is 0 Å². The first-order valence-electron chi connectivity index (χ1n) is 7.20. The van der Waals surface area contributed by atoms with Crippen LogP contribution in [0.3, 0.4) is 0 Å². The van der Waals surface area contributed by atoms with Gasteiger partial charge in [-0.15, -0.1) is 11.8 Å². The van der Waals surface area contributed by atoms with Crippen molar-refractivity contribution in [3.05, 3.63) is 63.6 Å². The maximum atomic E-state index is 3.61. The number of benzene rings is 2. The lowest BCUT2D eigenvalue weighted by atomic mass is 10.0. The van der Waals surface area contributed by atoms with Gasteiger partial charge in [0.25, 0.3) is 0 Å². The molecule has 1 nitrogen and oxygen atoms in total. The van der Waals surface area contributed by atoms with Crippen molar-refractivity contribution in [1.29, 1.82) is 0 Å². The van der Waals surface area contributed by atoms with Gasteiger partial charge in [0.1, 0.15) is 0 Å². The molecular formula is C18H22BrNS. The van der Waals surface area contributed by atoms with Crippen LogP contribution in [0.1, 0.15) is 16.7 Å². The van der Waals surface area contributed by atoms with Crippen molar-refractivity contribution in [2.45, 2.75) is 31.2 Å². The second-order valence-electron chi connectivity index (χ2n) is 5.43. The predicted octanol–water partition coefficient (Wildman–Crippen LogP) is 4.99. The third kappa shape index (κ3) is 5.17. The van der Waals surface area contributed by atoms with Crippen LogP contribution in [0, 0.1) is 13.8 Å². The Labute approximate surface area is 140 Å². The molecule has 0 spiro atoms. The number of thioether (sulfide) groups is 1. The smallest absolute Gasteiger partial charge is 0.0311 e. The van der Waals surface area contributed by atoms with Gasteiger partial charge in [0.05, 0.1) is 0 Å². The summed E-state index contributed by atoms with van der Waals surface area (Å²) in [5, 5.41) is 3.44. The van der Waals surface area contributed by atoms with Gasteiger partial charge in [-0.05, 0) is 60.9 Å². The molecular weight excluding hydrogens is 342 g/mol. The third-order valence-corrected chi connectivity index (χ3v) is 5.64. The quantitative estimate of drug-likeness (QED) is 0.725. The van der Waals surface area contributed by atoms with Gasteiger partial charge >= 0.3 is 0 Å². The minimum atomic E-state index is 0.475. The third-order valence-electron chi connectivity index (χ3n) is 3.45. The van der Waals surface area contributed by atoms with Gasteiger partial charge < -0.3 is 5.32 Å². The molecule has 21 heavy (non-hydrogen) atoms. The lowest BCUT2D eigenvalue weighted by Gasteiger charge is -2.17. The van der Waals surface area contributed by atoms with Crippen molar-refractivity contribution < 1.29 is 0 Å². The molecule has 0 saturated heterocycles. The average molecular weight is 364 g/mol. The zero-order chi connectivity index (χ0) is 15.2. The standard InChI is InChI=1S/C18H22BrNS/c1-13-8-14(2)10-15(9-13)11-16(20-3)12-21-18-7-5-4-6-17(18)19/h4-10,16,20H,11-12H2,1-3H3. The van der Waals surface area contributed by atoms with Gasteiger partial charge in [-0.1, -0.05) is 41.5 Å². The number of halogens is 1. The lowest BCUT2D eigenvalue weighted by molar-refractivity contribution is 0.616. The molecule has 3 heteroatoms. The highest BCUT2D eigenvalue weighted by Gasteiger charge is 2.10. The number of hydrogen-bond acceptors (Lipinski definition) is 2. The van der Waals surface area contributed by atoms with Crippen LogP contribution in [0.2, 0.25) is 0 Å². The maximum absolute atomic E-state index is 3.61. The van der Waals surface area contributed by atoms with E-state index in [0.29, 0.717) is 6.04 Å². The fourth-order valence-electron chi connectivity index (χ4n) is 2.47. The Morgan fingerprint density at radius 2 is 1.76 bits per heavy atom. The summed E-state index contributed by atoms with van der Waals surface area (Å²) in [5.74, 6) is 1.06. The van der Waals surface area contributed by atoms with Crippen LogP contribution in [-0.2, 0) is 6.42 Å². The fourth-order valence-corrected chi connectivity index (χ4v) is 4.14. The summed E-state index contributed by atoms with van der Waals surface area (Å²) < 4.78 is 1.18. The highest BCUT2D eigenvalue weighted by Crippen LogP contribution is 2.27. The van der Waals surface area contributed by atoms with E-state index >= 15 is 0 Å². The van der Waals surface area contributed by atoms with Crippen LogP contribution in [0.5, 0.6) is 0 Å². The van der Waals surface area contributed by atoms with E-state index in [-0.39, 0.29) is 0 Å². The van der Waals surface area contributed by atoms with E-state index in [2.05, 4.69) is 77.6 Å². The SMILES string of the molecule is CNC(CSc1ccccc1Br)Cc1cc(C)cc(C)c1. The van der Waals surface area contributed by atoms with Crippen LogP contribution >= 0.6 is 27.7 Å². The van der Waals surface area contributed by atoms with Crippen molar-refractivity contribution in [2.75, 3.05) is 12.8 Å². The molecule has 2 aromatic rings. The number of hydrogen-bond donors (Lipinski definition) is 1. The van der Waals surface area contributed by atoms with Crippen molar-refractivity contribution in [2.24, 2.45) is 0 Å². The first kappa shape index (κ1) is 16.6. The molecule has 2 aromatic carbocycles. The second-order valence-corrected chi connectivity index (χ2v) is 7.34. The largest absolute Gasteiger partial charge is 0.316 e. The Hall–Kier alpha value is -0.770. The molecule has 1 N–H and O–H groups in total. The molecule has 112 valence electrons. The van der Waals surface area contributed by atoms with Crippen LogP contribution < -0.4 is 5.32 Å². The molecule has 0 aromatic heterocycles. The van der Waals surface area contributed by atoms with E-state index in [9.17, 15) is 0 Å². The zero-order valence-electron chi connectivity index (χ0n) is 12.8. The minimum Gasteiger partial charge on any atom is -0.316 e. The summed E-state index contributed by atoms with van der Waals surface area (Å²) >= 11 is 5.51. The Balaban J connectivity index is 1.98. The van der Waals surface area contributed by atoms with Crippen molar-refractivity contribution in [1.82, 2.24) is 5.32 Å². The first-order chi connectivity index (χ1) is 10.1. The summed E-state index contributed by atoms with van der Waals surface area (Å²) in [6.07, 6.45) is 1.07. The number of aryl methyl sites for hydroxylation is 2. The fraction of sp³-hybridized carbons (Fsp3) is 0.333. The molecule has 0 amide bonds. The van der Waals surface area contributed by atoms with Gasteiger partial charge in [-0.25, -0.2) is 0 Å². The molecule has 0 saturated carbocycles. The summed E-state index contributed by atoms with van der Waals surface area (Å²) in [6, 6.07) is 15.7. The van der Waals surface area contributed by atoms with Crippen LogP contribution in [0.25, 0.3) is 0 Å². The van der Waals surface area contributed by atoms with E-state index in [1.165, 1.54) is 26.1 Å². The normalized spacial score (nSPS) is 12.4. The van der Waals surface area contributed by atoms with Crippen molar-refractivity contribution >= 4 is 27.7 Å². The number of rotatable bonds is 6. The highest BCUT2D eigenvalue weighted by atomic mass is 79.9. The van der Waals surface area contributed by atoms with Gasteiger partial charge in [-0.3, -0.25) is 0 Å². The molecule has 0 bridgehead atoms. The molecule has 0 aliphatic carbocycles. The molecule has 2 rings (SSSR count). The van der Waals surface area contributed by atoms with Crippen molar-refractivity contribution in [3.8, 4) is 0 Å². The Kier molecular flexibility index (Phi) is 6.34. The van der Waals surface area contributed by atoms with Crippen LogP contribution in [0.4, 0.5) is 0 Å². The molecule has 0 radical (unpaired) electrons. The topological polar surface area (TPSA) is 12.0 Å². The highest BCUT2D eigenvalue weighted by molar-refractivity contribution is 9.10. The molecule has 1 atom stereocenters. The molecule has 0 heterocycles. The lowest BCUT2D eigenvalue weighted by Crippen LogP contribution is -2.30. The Morgan fingerprint density at radius 1 is 1.10 bits per heavy atom. The second kappa shape index (κ2) is 8.02. The average Bonchev–Trinajstić information content (AvgIpc) is 2.44. The molecule has 0 aliphatic rings. The summed E-state index contributed by atoms with van der Waals surface area (Å²) in [6.45, 7) is 4.33. The number of likely N-dealkylation sites (N-methyl/N-ethyl adjacent to an activating group) is 1. The molecule has 0 fully saturated rings. The molecule has 1 unspecified atom stereocenters. The summed E-state index contributed by atoms with van der Waals surface area (Å²) in [7, 11) is 2.05. The minimum absolute atomic E-state index is 0.475. The first-order valence-corrected chi connectivity index (χ1v) is 8.98. The number of nitrogens with one attached hydrogen (secondary N) is 1. The van der Waals surface area contributed by atoms with Gasteiger partial charge in [-0.2, -0.15) is 0 Å². The maximum Gasteiger partial charge on any atom is 0.0311 e. The van der Waals surface area contributed by atoms with E-state index in [0.717, 1.165) is 12.2 Å². The van der Waals surface area contributed by atoms with E-state index in [1.54, 1.807) is 0 Å². The predicted molar refractivity (Wildman–Crippen MR) is 97.3 cm³/mol.